The average molecular weight is 341 g/mol. The molecule has 0 aliphatic rings. The Morgan fingerprint density at radius 2 is 2.04 bits per heavy atom. The fourth-order valence-electron chi connectivity index (χ4n) is 2.73. The van der Waals surface area contributed by atoms with E-state index < -0.39 is 10.9 Å². The SMILES string of the molecule is CCSC(F)(F)C(Cn1cncn1)(OC)c1ccc(C)cc1C. The number of nitrogens with zero attached hydrogens (tertiary/aromatic N) is 3. The number of aryl methyl sites for hydroxylation is 2. The predicted molar refractivity (Wildman–Crippen MR) is 87.7 cm³/mol. The highest BCUT2D eigenvalue weighted by Gasteiger charge is 2.57. The number of methoxy groups -OCH3 is 1. The average Bonchev–Trinajstić information content (AvgIpc) is 2.98. The topological polar surface area (TPSA) is 39.9 Å². The third-order valence-electron chi connectivity index (χ3n) is 3.81. The van der Waals surface area contributed by atoms with Crippen molar-refractivity contribution in [3.8, 4) is 0 Å². The van der Waals surface area contributed by atoms with Crippen LogP contribution in [0.2, 0.25) is 0 Å². The van der Waals surface area contributed by atoms with Gasteiger partial charge in [0.25, 0.3) is 0 Å². The molecule has 2 rings (SSSR count). The maximum atomic E-state index is 15.1. The minimum atomic E-state index is -3.12. The molecule has 1 aromatic heterocycles. The number of benzene rings is 1. The monoisotopic (exact) mass is 341 g/mol. The van der Waals surface area contributed by atoms with Gasteiger partial charge in [-0.2, -0.15) is 13.9 Å². The normalized spacial score (nSPS) is 14.7. The molecule has 1 heterocycles. The molecule has 0 saturated heterocycles. The lowest BCUT2D eigenvalue weighted by Crippen LogP contribution is -2.49. The van der Waals surface area contributed by atoms with E-state index >= 15 is 8.78 Å². The molecule has 0 saturated carbocycles. The summed E-state index contributed by atoms with van der Waals surface area (Å²) in [6.45, 7) is 5.34. The summed E-state index contributed by atoms with van der Waals surface area (Å²) in [6, 6.07) is 5.43. The van der Waals surface area contributed by atoms with E-state index in [0.29, 0.717) is 17.3 Å². The second kappa shape index (κ2) is 6.97. The lowest BCUT2D eigenvalue weighted by atomic mass is 9.88. The van der Waals surface area contributed by atoms with E-state index in [0.717, 1.165) is 11.1 Å². The van der Waals surface area contributed by atoms with Crippen molar-refractivity contribution in [2.24, 2.45) is 0 Å². The van der Waals surface area contributed by atoms with Crippen LogP contribution in [0.1, 0.15) is 23.6 Å². The minimum absolute atomic E-state index is 0.118. The molecular weight excluding hydrogens is 320 g/mol. The van der Waals surface area contributed by atoms with Gasteiger partial charge in [0.05, 0.1) is 6.54 Å². The summed E-state index contributed by atoms with van der Waals surface area (Å²) < 4.78 is 37.0. The van der Waals surface area contributed by atoms with E-state index in [9.17, 15) is 0 Å². The number of alkyl halides is 2. The highest BCUT2D eigenvalue weighted by Crippen LogP contribution is 2.49. The number of hydrogen-bond donors (Lipinski definition) is 0. The number of rotatable bonds is 7. The molecule has 7 heteroatoms. The lowest BCUT2D eigenvalue weighted by molar-refractivity contribution is -0.160. The summed E-state index contributed by atoms with van der Waals surface area (Å²) in [5.41, 5.74) is 0.429. The Morgan fingerprint density at radius 3 is 2.57 bits per heavy atom. The third-order valence-corrected chi connectivity index (χ3v) is 4.79. The summed E-state index contributed by atoms with van der Waals surface area (Å²) in [7, 11) is 1.32. The van der Waals surface area contributed by atoms with Crippen molar-refractivity contribution in [2.75, 3.05) is 12.9 Å². The predicted octanol–water partition coefficient (Wildman–Crippen LogP) is 3.78. The number of aromatic nitrogens is 3. The minimum Gasteiger partial charge on any atom is -0.364 e. The van der Waals surface area contributed by atoms with Crippen LogP contribution in [-0.2, 0) is 16.9 Å². The highest BCUT2D eigenvalue weighted by molar-refractivity contribution is 8.00. The molecule has 0 N–H and O–H groups in total. The van der Waals surface area contributed by atoms with Crippen molar-refractivity contribution in [2.45, 2.75) is 38.2 Å². The van der Waals surface area contributed by atoms with Gasteiger partial charge >= 0.3 is 5.25 Å². The Hall–Kier alpha value is -1.47. The van der Waals surface area contributed by atoms with Crippen molar-refractivity contribution >= 4 is 11.8 Å². The first kappa shape index (κ1) is 17.9. The van der Waals surface area contributed by atoms with E-state index in [1.807, 2.05) is 26.0 Å². The smallest absolute Gasteiger partial charge is 0.328 e. The van der Waals surface area contributed by atoms with E-state index in [2.05, 4.69) is 10.1 Å². The Bertz CT molecular complexity index is 649. The molecule has 1 unspecified atom stereocenters. The zero-order chi connectivity index (χ0) is 17.1. The summed E-state index contributed by atoms with van der Waals surface area (Å²) in [5, 5.41) is 0.856. The van der Waals surface area contributed by atoms with Crippen LogP contribution in [0, 0.1) is 13.8 Å². The summed E-state index contributed by atoms with van der Waals surface area (Å²) in [4.78, 5) is 3.84. The number of ether oxygens (including phenoxy) is 1. The van der Waals surface area contributed by atoms with Crippen LogP contribution in [0.15, 0.2) is 30.9 Å². The van der Waals surface area contributed by atoms with Gasteiger partial charge in [-0.3, -0.25) is 0 Å². The van der Waals surface area contributed by atoms with Crippen LogP contribution < -0.4 is 0 Å². The maximum absolute atomic E-state index is 15.1. The molecule has 0 amide bonds. The van der Waals surface area contributed by atoms with E-state index in [-0.39, 0.29) is 12.3 Å². The highest BCUT2D eigenvalue weighted by atomic mass is 32.2. The van der Waals surface area contributed by atoms with Crippen molar-refractivity contribution in [1.29, 1.82) is 0 Å². The van der Waals surface area contributed by atoms with Crippen molar-refractivity contribution < 1.29 is 13.5 Å². The second-order valence-corrected chi connectivity index (χ2v) is 6.77. The first-order chi connectivity index (χ1) is 10.9. The molecule has 4 nitrogen and oxygen atoms in total. The van der Waals surface area contributed by atoms with Gasteiger partial charge in [0.2, 0.25) is 0 Å². The van der Waals surface area contributed by atoms with Gasteiger partial charge in [-0.1, -0.05) is 42.4 Å². The summed E-state index contributed by atoms with van der Waals surface area (Å²) in [5.74, 6) is 0.278. The zero-order valence-corrected chi connectivity index (χ0v) is 14.5. The molecule has 0 bridgehead atoms. The standard InChI is InChI=1S/C16H21F2N3OS/c1-5-23-16(17,18)15(22-4,9-21-11-19-10-20-21)14-7-6-12(2)8-13(14)3/h6-8,10-11H,5,9H2,1-4H3. The number of hydrogen-bond acceptors (Lipinski definition) is 4. The molecule has 1 aromatic carbocycles. The molecule has 126 valence electrons. The molecule has 0 radical (unpaired) electrons. The van der Waals surface area contributed by atoms with Crippen molar-refractivity contribution in [1.82, 2.24) is 14.8 Å². The van der Waals surface area contributed by atoms with Crippen LogP contribution >= 0.6 is 11.8 Å². The van der Waals surface area contributed by atoms with Gasteiger partial charge in [-0.05, 0) is 30.7 Å². The zero-order valence-electron chi connectivity index (χ0n) is 13.7. The van der Waals surface area contributed by atoms with Crippen molar-refractivity contribution in [3.63, 3.8) is 0 Å². The van der Waals surface area contributed by atoms with Gasteiger partial charge < -0.3 is 4.74 Å². The van der Waals surface area contributed by atoms with E-state index in [1.165, 1.54) is 24.4 Å². The Balaban J connectivity index is 2.61. The van der Waals surface area contributed by atoms with Gasteiger partial charge in [0, 0.05) is 7.11 Å². The Labute approximate surface area is 139 Å². The van der Waals surface area contributed by atoms with Crippen LogP contribution in [0.5, 0.6) is 0 Å². The van der Waals surface area contributed by atoms with E-state index in [4.69, 9.17) is 4.74 Å². The third kappa shape index (κ3) is 3.40. The van der Waals surface area contributed by atoms with Crippen LogP contribution in [0.3, 0.4) is 0 Å². The quantitative estimate of drug-likeness (QED) is 0.768. The summed E-state index contributed by atoms with van der Waals surface area (Å²) >= 11 is 0.575. The lowest BCUT2D eigenvalue weighted by Gasteiger charge is -2.39. The number of thioether (sulfide) groups is 1. The molecular formula is C16H21F2N3OS. The molecule has 0 fully saturated rings. The van der Waals surface area contributed by atoms with Gasteiger partial charge in [-0.25, -0.2) is 9.67 Å². The molecule has 23 heavy (non-hydrogen) atoms. The maximum Gasteiger partial charge on any atom is 0.328 e. The first-order valence-corrected chi connectivity index (χ1v) is 8.32. The fraction of sp³-hybridized carbons (Fsp3) is 0.500. The summed E-state index contributed by atoms with van der Waals surface area (Å²) in [6.07, 6.45) is 2.75. The van der Waals surface area contributed by atoms with Crippen LogP contribution in [-0.4, -0.2) is 32.9 Å². The Kier molecular flexibility index (Phi) is 5.41. The second-order valence-electron chi connectivity index (χ2n) is 5.39. The van der Waals surface area contributed by atoms with Gasteiger partial charge in [0.1, 0.15) is 12.7 Å². The molecule has 1 atom stereocenters. The Morgan fingerprint density at radius 1 is 1.30 bits per heavy atom. The fourth-order valence-corrected chi connectivity index (χ4v) is 3.59. The molecule has 0 aliphatic heterocycles. The largest absolute Gasteiger partial charge is 0.364 e. The van der Waals surface area contributed by atoms with Gasteiger partial charge in [0.15, 0.2) is 5.60 Å². The van der Waals surface area contributed by atoms with E-state index in [1.54, 1.807) is 13.0 Å². The molecule has 0 spiro atoms. The number of halogens is 2. The molecule has 0 aliphatic carbocycles. The van der Waals surface area contributed by atoms with Crippen molar-refractivity contribution in [3.05, 3.63) is 47.5 Å². The van der Waals surface area contributed by atoms with Crippen LogP contribution in [0.4, 0.5) is 8.78 Å². The van der Waals surface area contributed by atoms with Gasteiger partial charge in [-0.15, -0.1) is 0 Å². The van der Waals surface area contributed by atoms with Crippen LogP contribution in [0.25, 0.3) is 0 Å². The molecule has 2 aromatic rings. The first-order valence-electron chi connectivity index (χ1n) is 7.33.